The normalized spacial score (nSPS) is 16.8. The van der Waals surface area contributed by atoms with Gasteiger partial charge in [0.2, 0.25) is 5.95 Å². The fourth-order valence-electron chi connectivity index (χ4n) is 4.09. The molecule has 1 fully saturated rings. The summed E-state index contributed by atoms with van der Waals surface area (Å²) < 4.78 is 41.6. The van der Waals surface area contributed by atoms with Crippen LogP contribution in [0.25, 0.3) is 0 Å². The van der Waals surface area contributed by atoms with Crippen LogP contribution in [0.4, 0.5) is 39.2 Å². The van der Waals surface area contributed by atoms with Crippen LogP contribution in [-0.2, 0) is 18.6 Å². The molecule has 1 aromatic carbocycles. The second kappa shape index (κ2) is 11.0. The molecular formula is C24H26FN7O6P+. The number of fused-ring (bicyclic) bond motifs is 1. The predicted octanol–water partition coefficient (Wildman–Crippen LogP) is 3.46. The Morgan fingerprint density at radius 2 is 1.87 bits per heavy atom. The van der Waals surface area contributed by atoms with Gasteiger partial charge in [0, 0.05) is 29.0 Å². The van der Waals surface area contributed by atoms with E-state index < -0.39 is 32.3 Å². The number of hydrogen-bond acceptors (Lipinski definition) is 11. The van der Waals surface area contributed by atoms with Crippen molar-refractivity contribution >= 4 is 48.9 Å². The van der Waals surface area contributed by atoms with Gasteiger partial charge in [-0.2, -0.15) is 4.98 Å². The molecule has 2 aliphatic heterocycles. The summed E-state index contributed by atoms with van der Waals surface area (Å²) in [7, 11) is -2.96. The Kier molecular flexibility index (Phi) is 7.53. The van der Waals surface area contributed by atoms with Crippen LogP contribution in [0.5, 0.6) is 5.75 Å². The highest BCUT2D eigenvalue weighted by atomic mass is 31.1. The molecule has 39 heavy (non-hydrogen) atoms. The van der Waals surface area contributed by atoms with Gasteiger partial charge in [0.25, 0.3) is 5.91 Å². The lowest BCUT2D eigenvalue weighted by atomic mass is 10.1. The number of nitrogens with zero attached hydrogens (tertiary/aromatic N) is 5. The van der Waals surface area contributed by atoms with Gasteiger partial charge < -0.3 is 25.0 Å². The monoisotopic (exact) mass is 558 g/mol. The quantitative estimate of drug-likeness (QED) is 0.347. The molecule has 2 aromatic heterocycles. The molecule has 4 heterocycles. The molecule has 1 amide bonds. The summed E-state index contributed by atoms with van der Waals surface area (Å²) in [6.07, 6.45) is 1.02. The predicted molar refractivity (Wildman–Crippen MR) is 140 cm³/mol. The Bertz CT molecular complexity index is 1390. The number of aromatic nitrogens is 3. The van der Waals surface area contributed by atoms with Crippen molar-refractivity contribution in [3.8, 4) is 5.75 Å². The highest BCUT2D eigenvalue weighted by Gasteiger charge is 2.43. The van der Waals surface area contributed by atoms with Crippen molar-refractivity contribution in [1.29, 1.82) is 0 Å². The van der Waals surface area contributed by atoms with Gasteiger partial charge in [-0.1, -0.05) is 4.52 Å². The highest BCUT2D eigenvalue weighted by molar-refractivity contribution is 7.32. The van der Waals surface area contributed by atoms with Gasteiger partial charge in [-0.15, -0.1) is 4.89 Å². The first-order chi connectivity index (χ1) is 18.7. The van der Waals surface area contributed by atoms with Crippen molar-refractivity contribution in [3.05, 3.63) is 48.4 Å². The van der Waals surface area contributed by atoms with Gasteiger partial charge in [0.15, 0.2) is 35.5 Å². The van der Waals surface area contributed by atoms with E-state index in [9.17, 15) is 13.8 Å². The van der Waals surface area contributed by atoms with Crippen LogP contribution >= 0.6 is 8.25 Å². The van der Waals surface area contributed by atoms with E-state index in [-0.39, 0.29) is 29.2 Å². The Hall–Kier alpha value is -3.97. The molecule has 0 bridgehead atoms. The second-order valence-corrected chi connectivity index (χ2v) is 9.88. The molecule has 3 N–H and O–H groups in total. The molecule has 0 saturated carbocycles. The van der Waals surface area contributed by atoms with Crippen LogP contribution in [0.3, 0.4) is 0 Å². The van der Waals surface area contributed by atoms with Crippen LogP contribution in [0.2, 0.25) is 0 Å². The van der Waals surface area contributed by atoms with Crippen LogP contribution < -0.4 is 25.2 Å². The lowest BCUT2D eigenvalue weighted by molar-refractivity contribution is -0.133. The fraction of sp³-hybridized carbons (Fsp3) is 0.333. The molecule has 15 heteroatoms. The Morgan fingerprint density at radius 3 is 2.59 bits per heavy atom. The Morgan fingerprint density at radius 1 is 1.13 bits per heavy atom. The summed E-state index contributed by atoms with van der Waals surface area (Å²) >= 11 is 0. The number of amides is 1. The van der Waals surface area contributed by atoms with Crippen molar-refractivity contribution in [2.24, 2.45) is 0 Å². The van der Waals surface area contributed by atoms with Crippen LogP contribution in [0.15, 0.2) is 42.6 Å². The van der Waals surface area contributed by atoms with Crippen molar-refractivity contribution < 1.29 is 32.6 Å². The number of benzene rings is 1. The molecule has 5 rings (SSSR count). The molecule has 1 atom stereocenters. The first-order valence-corrected chi connectivity index (χ1v) is 13.1. The third-order valence-electron chi connectivity index (χ3n) is 6.01. The fourth-order valence-corrected chi connectivity index (χ4v) is 4.30. The largest absolute Gasteiger partial charge is 0.696 e. The molecule has 0 spiro atoms. The van der Waals surface area contributed by atoms with Crippen LogP contribution in [0.1, 0.15) is 13.8 Å². The van der Waals surface area contributed by atoms with E-state index in [0.29, 0.717) is 18.9 Å². The van der Waals surface area contributed by atoms with Crippen LogP contribution in [-0.4, -0.2) is 64.4 Å². The number of ether oxygens (including phenoxy) is 2. The molecule has 0 radical (unpaired) electrons. The number of anilines is 6. The van der Waals surface area contributed by atoms with Gasteiger partial charge >= 0.3 is 8.25 Å². The van der Waals surface area contributed by atoms with Crippen molar-refractivity contribution in [3.63, 3.8) is 0 Å². The van der Waals surface area contributed by atoms with E-state index in [1.54, 1.807) is 19.9 Å². The number of pyridine rings is 1. The Balaban J connectivity index is 1.34. The van der Waals surface area contributed by atoms with Crippen LogP contribution in [0, 0.1) is 5.82 Å². The van der Waals surface area contributed by atoms with Crippen molar-refractivity contribution in [1.82, 2.24) is 15.0 Å². The van der Waals surface area contributed by atoms with Crippen molar-refractivity contribution in [2.45, 2.75) is 19.4 Å². The van der Waals surface area contributed by atoms with E-state index in [1.165, 1.54) is 6.07 Å². The summed E-state index contributed by atoms with van der Waals surface area (Å²) in [4.78, 5) is 37.8. The number of carbonyl (C=O) groups excluding carboxylic acids is 1. The molecule has 1 unspecified atom stereocenters. The van der Waals surface area contributed by atoms with Gasteiger partial charge in [-0.3, -0.25) is 9.69 Å². The lowest BCUT2D eigenvalue weighted by Gasteiger charge is -2.36. The summed E-state index contributed by atoms with van der Waals surface area (Å²) in [5.74, 6) is -0.846. The average Bonchev–Trinajstić information content (AvgIpc) is 2.92. The number of carbonyl (C=O) groups is 1. The van der Waals surface area contributed by atoms with E-state index >= 15 is 0 Å². The smallest absolute Gasteiger partial charge is 0.474 e. The minimum absolute atomic E-state index is 0.0364. The minimum atomic E-state index is -2.96. The maximum atomic E-state index is 14.6. The summed E-state index contributed by atoms with van der Waals surface area (Å²) in [5, 5.41) is 5.84. The third-order valence-corrected chi connectivity index (χ3v) is 6.34. The van der Waals surface area contributed by atoms with Gasteiger partial charge in [-0.05, 0) is 50.2 Å². The minimum Gasteiger partial charge on any atom is -0.474 e. The molecular weight excluding hydrogens is 532 g/mol. The maximum absolute atomic E-state index is 14.6. The van der Waals surface area contributed by atoms with Gasteiger partial charge in [0.05, 0.1) is 19.4 Å². The molecule has 13 nitrogen and oxygen atoms in total. The zero-order valence-corrected chi connectivity index (χ0v) is 22.0. The third kappa shape index (κ3) is 6.04. The molecule has 3 aromatic rings. The van der Waals surface area contributed by atoms with E-state index in [1.807, 2.05) is 24.3 Å². The molecule has 0 aliphatic carbocycles. The second-order valence-electron chi connectivity index (χ2n) is 9.15. The van der Waals surface area contributed by atoms with E-state index in [2.05, 4.69) is 30.5 Å². The first-order valence-electron chi connectivity index (χ1n) is 12.0. The number of morpholine rings is 1. The topological polar surface area (TPSA) is 151 Å². The lowest BCUT2D eigenvalue weighted by Crippen LogP contribution is -2.53. The zero-order valence-electron chi connectivity index (χ0n) is 21.1. The molecule has 2 aliphatic rings. The first kappa shape index (κ1) is 26.6. The highest BCUT2D eigenvalue weighted by Crippen LogP contribution is 2.38. The molecule has 204 valence electrons. The van der Waals surface area contributed by atoms with E-state index in [4.69, 9.17) is 18.9 Å². The SMILES string of the molecule is CC1(C)Oc2ccc(Nc3nc(Nc4ccc(N5CCOCC5)cc4)ncc3F)nc2N(CO[P+](=O)O)C1=O. The summed E-state index contributed by atoms with van der Waals surface area (Å²) in [6.45, 7) is 5.61. The maximum Gasteiger partial charge on any atom is 0.696 e. The summed E-state index contributed by atoms with van der Waals surface area (Å²) in [5.41, 5.74) is 0.529. The van der Waals surface area contributed by atoms with Crippen molar-refractivity contribution in [2.75, 3.05) is 53.5 Å². The van der Waals surface area contributed by atoms with E-state index in [0.717, 1.165) is 29.9 Å². The Labute approximate surface area is 223 Å². The van der Waals surface area contributed by atoms with Gasteiger partial charge in [-0.25, -0.2) is 14.4 Å². The van der Waals surface area contributed by atoms with Gasteiger partial charge in [0.1, 0.15) is 5.82 Å². The zero-order chi connectivity index (χ0) is 27.6. The molecule has 1 saturated heterocycles. The number of nitrogens with one attached hydrogen (secondary N) is 2. The number of hydrogen-bond donors (Lipinski definition) is 3. The number of rotatable bonds is 8. The summed E-state index contributed by atoms with van der Waals surface area (Å²) in [6, 6.07) is 10.8. The average molecular weight is 558 g/mol. The number of halogens is 1. The standard InChI is InChI=1S/C24H25FN7O6P/c1-24(2)22(33)32(14-37-39(34)35)21-18(38-24)7-8-19(29-21)28-20-17(25)13-26-23(30-20)27-15-3-5-16(6-4-15)31-9-11-36-12-10-31/h3-8,13H,9-12,14H2,1-2H3,(H2-,26,27,28,29,30,34,35)/p+1.